The molecule has 6 heteroatoms. The Hall–Kier alpha value is -2.94. The Labute approximate surface area is 165 Å². The summed E-state index contributed by atoms with van der Waals surface area (Å²) in [7, 11) is 0. The summed E-state index contributed by atoms with van der Waals surface area (Å²) in [6.45, 7) is 6.94. The van der Waals surface area contributed by atoms with Gasteiger partial charge in [0.1, 0.15) is 17.1 Å². The number of aromatic nitrogens is 2. The molecule has 28 heavy (non-hydrogen) atoms. The van der Waals surface area contributed by atoms with Gasteiger partial charge in [0.05, 0.1) is 6.07 Å². The van der Waals surface area contributed by atoms with Crippen LogP contribution in [0.25, 0.3) is 0 Å². The van der Waals surface area contributed by atoms with E-state index in [4.69, 9.17) is 0 Å². The van der Waals surface area contributed by atoms with Crippen LogP contribution >= 0.6 is 0 Å². The Morgan fingerprint density at radius 3 is 2.71 bits per heavy atom. The molecule has 144 valence electrons. The largest absolute Gasteiger partial charge is 0.325 e. The molecule has 2 aliphatic rings. The molecule has 1 amide bonds. The molecule has 1 aliphatic carbocycles. The van der Waals surface area contributed by atoms with Crippen molar-refractivity contribution >= 4 is 23.2 Å². The van der Waals surface area contributed by atoms with Crippen LogP contribution in [0.3, 0.4) is 0 Å². The number of carbonyl (C=O) groups is 1. The van der Waals surface area contributed by atoms with Crippen molar-refractivity contribution < 1.29 is 4.79 Å². The van der Waals surface area contributed by atoms with Gasteiger partial charge in [-0.1, -0.05) is 26.8 Å². The lowest BCUT2D eigenvalue weighted by atomic mass is 9.83. The molecule has 0 aromatic carbocycles. The highest BCUT2D eigenvalue weighted by molar-refractivity contribution is 6.02. The predicted octanol–water partition coefficient (Wildman–Crippen LogP) is 4.17. The number of rotatable bonds is 4. The minimum absolute atomic E-state index is 0.0433. The third-order valence-electron chi connectivity index (χ3n) is 5.66. The van der Waals surface area contributed by atoms with E-state index < -0.39 is 5.41 Å². The first kappa shape index (κ1) is 18.4. The third-order valence-corrected chi connectivity index (χ3v) is 5.66. The molecule has 1 aliphatic heterocycles. The first-order valence-corrected chi connectivity index (χ1v) is 9.77. The van der Waals surface area contributed by atoms with Crippen LogP contribution in [-0.4, -0.2) is 22.4 Å². The number of hydrogen-bond acceptors (Lipinski definition) is 5. The Balaban J connectivity index is 1.56. The van der Waals surface area contributed by atoms with Crippen molar-refractivity contribution in [2.45, 2.75) is 45.4 Å². The quantitative estimate of drug-likeness (QED) is 0.867. The van der Waals surface area contributed by atoms with Gasteiger partial charge in [-0.25, -0.2) is 9.97 Å². The summed E-state index contributed by atoms with van der Waals surface area (Å²) in [4.78, 5) is 23.8. The number of anilines is 3. The minimum atomic E-state index is -0.834. The van der Waals surface area contributed by atoms with Crippen LogP contribution in [-0.2, 0) is 10.2 Å². The lowest BCUT2D eigenvalue weighted by Gasteiger charge is -2.21. The standard InChI is InChI=1S/C22H25N5O/c1-21(2,3)17-5-4-6-18(25-17)26-19-13-16(9-11-24-19)27-12-10-22(14-23,20(27)28)15-7-8-15/h4-6,9,11,13,15H,7-8,10,12H2,1-3H3,(H,24,25,26)/t22-/m1/s1. The highest BCUT2D eigenvalue weighted by atomic mass is 16.2. The van der Waals surface area contributed by atoms with Crippen LogP contribution in [0.1, 0.15) is 45.7 Å². The number of carbonyl (C=O) groups excluding carboxylic acids is 1. The molecular formula is C22H25N5O. The van der Waals surface area contributed by atoms with Gasteiger partial charge < -0.3 is 10.2 Å². The summed E-state index contributed by atoms with van der Waals surface area (Å²) in [5.41, 5.74) is 0.886. The number of hydrogen-bond donors (Lipinski definition) is 1. The van der Waals surface area contributed by atoms with Crippen LogP contribution in [0.4, 0.5) is 17.3 Å². The smallest absolute Gasteiger partial charge is 0.247 e. The van der Waals surface area contributed by atoms with E-state index in [-0.39, 0.29) is 17.2 Å². The second-order valence-electron chi connectivity index (χ2n) is 8.75. The van der Waals surface area contributed by atoms with Crippen molar-refractivity contribution in [1.82, 2.24) is 9.97 Å². The van der Waals surface area contributed by atoms with Gasteiger partial charge in [-0.15, -0.1) is 0 Å². The second kappa shape index (κ2) is 6.59. The molecule has 1 atom stereocenters. The van der Waals surface area contributed by atoms with Gasteiger partial charge >= 0.3 is 0 Å². The van der Waals surface area contributed by atoms with Crippen molar-refractivity contribution in [3.8, 4) is 6.07 Å². The van der Waals surface area contributed by atoms with Crippen molar-refractivity contribution in [2.75, 3.05) is 16.8 Å². The van der Waals surface area contributed by atoms with Crippen molar-refractivity contribution in [1.29, 1.82) is 5.26 Å². The maximum atomic E-state index is 13.0. The molecule has 0 bridgehead atoms. The van der Waals surface area contributed by atoms with Crippen LogP contribution in [0.15, 0.2) is 36.5 Å². The molecule has 3 heterocycles. The van der Waals surface area contributed by atoms with Crippen LogP contribution in [0.2, 0.25) is 0 Å². The zero-order chi connectivity index (χ0) is 19.9. The Bertz CT molecular complexity index is 954. The van der Waals surface area contributed by atoms with E-state index >= 15 is 0 Å². The lowest BCUT2D eigenvalue weighted by Crippen LogP contribution is -2.35. The summed E-state index contributed by atoms with van der Waals surface area (Å²) in [5, 5.41) is 12.9. The topological polar surface area (TPSA) is 81.9 Å². The SMILES string of the molecule is CC(C)(C)c1cccc(Nc2cc(N3CC[C@@](C#N)(C4CC4)C3=O)ccn2)n1. The number of pyridine rings is 2. The van der Waals surface area contributed by atoms with Crippen molar-refractivity contribution in [3.05, 3.63) is 42.2 Å². The second-order valence-corrected chi connectivity index (χ2v) is 8.75. The number of nitrogens with one attached hydrogen (secondary N) is 1. The van der Waals surface area contributed by atoms with Crippen LogP contribution in [0, 0.1) is 22.7 Å². The van der Waals surface area contributed by atoms with Gasteiger partial charge in [-0.05, 0) is 43.4 Å². The molecule has 1 saturated heterocycles. The molecule has 0 radical (unpaired) electrons. The fourth-order valence-electron chi connectivity index (χ4n) is 3.84. The number of nitriles is 1. The normalized spacial score (nSPS) is 22.2. The first-order chi connectivity index (χ1) is 13.3. The zero-order valence-corrected chi connectivity index (χ0v) is 16.6. The van der Waals surface area contributed by atoms with E-state index in [0.717, 1.165) is 24.2 Å². The molecule has 2 fully saturated rings. The van der Waals surface area contributed by atoms with E-state index in [1.54, 1.807) is 11.1 Å². The fourth-order valence-corrected chi connectivity index (χ4v) is 3.84. The third kappa shape index (κ3) is 3.22. The summed E-state index contributed by atoms with van der Waals surface area (Å²) in [5.74, 6) is 1.50. The molecule has 1 N–H and O–H groups in total. The number of nitrogens with zero attached hydrogens (tertiary/aromatic N) is 4. The van der Waals surface area contributed by atoms with Crippen molar-refractivity contribution in [3.63, 3.8) is 0 Å². The molecule has 0 unspecified atom stereocenters. The Kier molecular flexibility index (Phi) is 4.34. The molecule has 6 nitrogen and oxygen atoms in total. The van der Waals surface area contributed by atoms with E-state index in [0.29, 0.717) is 24.6 Å². The van der Waals surface area contributed by atoms with Gasteiger partial charge in [-0.2, -0.15) is 5.26 Å². The zero-order valence-electron chi connectivity index (χ0n) is 16.6. The summed E-state index contributed by atoms with van der Waals surface area (Å²) in [6.07, 6.45) is 4.24. The molecule has 2 aromatic heterocycles. The first-order valence-electron chi connectivity index (χ1n) is 9.77. The average molecular weight is 375 g/mol. The Morgan fingerprint density at radius 2 is 2.04 bits per heavy atom. The molecule has 0 spiro atoms. The number of amides is 1. The average Bonchev–Trinajstić information content (AvgIpc) is 3.46. The van der Waals surface area contributed by atoms with Gasteiger partial charge in [0.15, 0.2) is 0 Å². The Morgan fingerprint density at radius 1 is 1.25 bits per heavy atom. The van der Waals surface area contributed by atoms with E-state index in [9.17, 15) is 10.1 Å². The molecule has 1 saturated carbocycles. The predicted molar refractivity (Wildman–Crippen MR) is 108 cm³/mol. The van der Waals surface area contributed by atoms with Gasteiger partial charge in [0.25, 0.3) is 0 Å². The highest BCUT2D eigenvalue weighted by Gasteiger charge is 2.56. The highest BCUT2D eigenvalue weighted by Crippen LogP contribution is 2.51. The summed E-state index contributed by atoms with van der Waals surface area (Å²) >= 11 is 0. The van der Waals surface area contributed by atoms with E-state index in [1.807, 2.05) is 30.3 Å². The van der Waals surface area contributed by atoms with Gasteiger partial charge in [-0.3, -0.25) is 4.79 Å². The molecule has 2 aromatic rings. The minimum Gasteiger partial charge on any atom is -0.325 e. The van der Waals surface area contributed by atoms with Crippen LogP contribution < -0.4 is 10.2 Å². The van der Waals surface area contributed by atoms with Gasteiger partial charge in [0, 0.05) is 35.6 Å². The van der Waals surface area contributed by atoms with E-state index in [2.05, 4.69) is 42.1 Å². The lowest BCUT2D eigenvalue weighted by molar-refractivity contribution is -0.123. The van der Waals surface area contributed by atoms with E-state index in [1.165, 1.54) is 0 Å². The maximum absolute atomic E-state index is 13.0. The van der Waals surface area contributed by atoms with Crippen molar-refractivity contribution in [2.24, 2.45) is 11.3 Å². The summed E-state index contributed by atoms with van der Waals surface area (Å²) < 4.78 is 0. The summed E-state index contributed by atoms with van der Waals surface area (Å²) in [6, 6.07) is 11.9. The van der Waals surface area contributed by atoms with Gasteiger partial charge in [0.2, 0.25) is 5.91 Å². The monoisotopic (exact) mass is 375 g/mol. The van der Waals surface area contributed by atoms with Crippen LogP contribution in [0.5, 0.6) is 0 Å². The molecule has 4 rings (SSSR count). The fraction of sp³-hybridized carbons (Fsp3) is 0.455. The molecular weight excluding hydrogens is 350 g/mol. The maximum Gasteiger partial charge on any atom is 0.247 e.